The molecule has 66 valence electrons. The highest BCUT2D eigenvalue weighted by atomic mass is 19.4. The van der Waals surface area contributed by atoms with E-state index in [1.807, 2.05) is 0 Å². The van der Waals surface area contributed by atoms with E-state index in [4.69, 9.17) is 8.48 Å². The lowest BCUT2D eigenvalue weighted by Gasteiger charge is -2.09. The minimum atomic E-state index is -4.66. The van der Waals surface area contributed by atoms with Gasteiger partial charge in [0.25, 0.3) is 0 Å². The first-order chi connectivity index (χ1) is 6.25. The molecule has 0 spiro atoms. The first-order valence-electron chi connectivity index (χ1n) is 4.05. The van der Waals surface area contributed by atoms with E-state index in [1.165, 1.54) is 0 Å². The molecule has 0 saturated heterocycles. The Morgan fingerprint density at radius 2 is 2.17 bits per heavy atom. The summed E-state index contributed by atoms with van der Waals surface area (Å²) < 4.78 is 51.2. The number of halogens is 3. The number of pyridine rings is 1. The highest BCUT2D eigenvalue weighted by molar-refractivity contribution is 5.40. The van der Waals surface area contributed by atoms with Gasteiger partial charge in [0, 0.05) is 5.69 Å². The molecule has 0 aliphatic rings. The monoisotopic (exact) mass is 178 g/mol. The highest BCUT2D eigenvalue weighted by Crippen LogP contribution is 2.31. The number of hydrogen-bond donors (Lipinski definition) is 1. The van der Waals surface area contributed by atoms with Crippen LogP contribution >= 0.6 is 0 Å². The minimum absolute atomic E-state index is 0.401. The topological polar surface area (TPSA) is 38.9 Å². The number of rotatable bonds is 0. The molecule has 1 aromatic rings. The van der Waals surface area contributed by atoms with E-state index in [0.717, 1.165) is 6.92 Å². The molecule has 12 heavy (non-hydrogen) atoms. The molecule has 0 fully saturated rings. The molecule has 0 bridgehead atoms. The summed E-state index contributed by atoms with van der Waals surface area (Å²) in [5.41, 5.74) is 2.98. The van der Waals surface area contributed by atoms with Gasteiger partial charge in [0.15, 0.2) is 0 Å². The molecule has 0 unspecified atom stereocenters. The molecule has 0 aliphatic heterocycles. The van der Waals surface area contributed by atoms with Crippen LogP contribution in [-0.2, 0) is 6.18 Å². The van der Waals surface area contributed by atoms with E-state index in [0.29, 0.717) is 0 Å². The van der Waals surface area contributed by atoms with Crippen molar-refractivity contribution < 1.29 is 15.9 Å². The second-order valence-electron chi connectivity index (χ2n) is 2.22. The number of nitrogens with two attached hydrogens (primary N) is 1. The fourth-order valence-corrected chi connectivity index (χ4v) is 0.729. The third-order valence-electron chi connectivity index (χ3n) is 1.25. The third kappa shape index (κ3) is 1.66. The van der Waals surface area contributed by atoms with Gasteiger partial charge in [0.2, 0.25) is 0 Å². The van der Waals surface area contributed by atoms with Crippen LogP contribution in [-0.4, -0.2) is 4.98 Å². The smallest absolute Gasteiger partial charge is 0.397 e. The van der Waals surface area contributed by atoms with E-state index in [2.05, 4.69) is 4.98 Å². The summed E-state index contributed by atoms with van der Waals surface area (Å²) >= 11 is 0. The zero-order valence-electron chi connectivity index (χ0n) is 8.16. The van der Waals surface area contributed by atoms with Gasteiger partial charge in [0.1, 0.15) is 0 Å². The predicted molar refractivity (Wildman–Crippen MR) is 38.4 cm³/mol. The maximum Gasteiger partial charge on any atom is 0.418 e. The maximum atomic E-state index is 12.3. The van der Waals surface area contributed by atoms with Gasteiger partial charge in [-0.1, -0.05) is 0 Å². The second kappa shape index (κ2) is 2.66. The summed E-state index contributed by atoms with van der Waals surface area (Å²) in [6, 6.07) is -0.880. The lowest BCUT2D eigenvalue weighted by atomic mass is 10.2. The van der Waals surface area contributed by atoms with E-state index >= 15 is 0 Å². The minimum Gasteiger partial charge on any atom is -0.397 e. The number of alkyl halides is 3. The largest absolute Gasteiger partial charge is 0.418 e. The molecule has 0 amide bonds. The molecule has 2 nitrogen and oxygen atoms in total. The lowest BCUT2D eigenvalue weighted by molar-refractivity contribution is -0.138. The number of aryl methyl sites for hydroxylation is 1. The Bertz CT molecular complexity index is 376. The fraction of sp³-hybridized carbons (Fsp3) is 0.286. The quantitative estimate of drug-likeness (QED) is 0.659. The van der Waals surface area contributed by atoms with Crippen LogP contribution in [0.25, 0.3) is 0 Å². The molecular formula is C7H7F3N2. The van der Waals surface area contributed by atoms with Crippen molar-refractivity contribution in [3.8, 4) is 0 Å². The summed E-state index contributed by atoms with van der Waals surface area (Å²) in [6.07, 6.45) is -5.16. The second-order valence-corrected chi connectivity index (χ2v) is 2.22. The van der Waals surface area contributed by atoms with Gasteiger partial charge in [-0.2, -0.15) is 13.2 Å². The normalized spacial score (nSPS) is 14.0. The molecule has 5 heteroatoms. The summed E-state index contributed by atoms with van der Waals surface area (Å²) in [7, 11) is 0. The molecular weight excluding hydrogens is 169 g/mol. The average molecular weight is 178 g/mol. The molecule has 0 saturated carbocycles. The van der Waals surface area contributed by atoms with Gasteiger partial charge in [0.05, 0.1) is 20.2 Å². The molecule has 0 aliphatic carbocycles. The number of hydrogen-bond acceptors (Lipinski definition) is 2. The Hall–Kier alpha value is -1.26. The van der Waals surface area contributed by atoms with Gasteiger partial charge in [-0.25, -0.2) is 0 Å². The van der Waals surface area contributed by atoms with Crippen LogP contribution in [0.5, 0.6) is 0 Å². The van der Waals surface area contributed by atoms with E-state index < -0.39 is 35.3 Å². The zero-order chi connectivity index (χ0) is 11.1. The van der Waals surface area contributed by atoms with Crippen LogP contribution < -0.4 is 5.73 Å². The van der Waals surface area contributed by atoms with Crippen molar-refractivity contribution in [2.45, 2.75) is 13.1 Å². The Morgan fingerprint density at radius 3 is 2.67 bits per heavy atom. The molecule has 0 radical (unpaired) electrons. The Labute approximate surface area is 70.0 Å². The molecule has 0 aromatic carbocycles. The van der Waals surface area contributed by atoms with Crippen LogP contribution in [0.15, 0.2) is 12.2 Å². The first kappa shape index (κ1) is 6.28. The van der Waals surface area contributed by atoms with Crippen molar-refractivity contribution in [3.05, 3.63) is 23.5 Å². The van der Waals surface area contributed by atoms with Crippen LogP contribution in [0.1, 0.15) is 14.0 Å². The molecule has 1 rings (SSSR count). The standard InChI is InChI=1S/C7H7F3N2/c1-4-6(7(8,9)10)2-5(11)3-12-4/h2-3H,11H2,1H3/i2D,3D. The third-order valence-corrected chi connectivity index (χ3v) is 1.25. The summed E-state index contributed by atoms with van der Waals surface area (Å²) in [5.74, 6) is 0. The van der Waals surface area contributed by atoms with Gasteiger partial charge >= 0.3 is 6.18 Å². The van der Waals surface area contributed by atoms with Crippen LogP contribution in [0, 0.1) is 6.92 Å². The number of anilines is 1. The zero-order valence-corrected chi connectivity index (χ0v) is 6.16. The number of aromatic nitrogens is 1. The maximum absolute atomic E-state index is 12.3. The Morgan fingerprint density at radius 1 is 1.58 bits per heavy atom. The molecule has 1 aromatic heterocycles. The van der Waals surface area contributed by atoms with Crippen molar-refractivity contribution in [1.29, 1.82) is 0 Å². The predicted octanol–water partition coefficient (Wildman–Crippen LogP) is 1.99. The molecule has 2 N–H and O–H groups in total. The lowest BCUT2D eigenvalue weighted by Crippen LogP contribution is -2.09. The SMILES string of the molecule is [2H]c1nc(C)c(C(F)(F)F)c([2H])c1N. The van der Waals surface area contributed by atoms with Gasteiger partial charge in [-0.3, -0.25) is 4.98 Å². The molecule has 0 atom stereocenters. The van der Waals surface area contributed by atoms with Crippen LogP contribution in [0.3, 0.4) is 0 Å². The van der Waals surface area contributed by atoms with Crippen molar-refractivity contribution in [3.63, 3.8) is 0 Å². The van der Waals surface area contributed by atoms with Crippen LogP contribution in [0.4, 0.5) is 18.9 Å². The first-order valence-corrected chi connectivity index (χ1v) is 3.05. The van der Waals surface area contributed by atoms with Crippen molar-refractivity contribution in [2.75, 3.05) is 5.73 Å². The van der Waals surface area contributed by atoms with Crippen molar-refractivity contribution in [1.82, 2.24) is 4.98 Å². The van der Waals surface area contributed by atoms with E-state index in [1.54, 1.807) is 0 Å². The number of nitrogens with zero attached hydrogens (tertiary/aromatic N) is 1. The van der Waals surface area contributed by atoms with Crippen LogP contribution in [0.2, 0.25) is 0 Å². The Balaban J connectivity index is 3.53. The van der Waals surface area contributed by atoms with Gasteiger partial charge in [-0.15, -0.1) is 0 Å². The Kier molecular flexibility index (Phi) is 1.39. The fourth-order valence-electron chi connectivity index (χ4n) is 0.729. The average Bonchev–Trinajstić information content (AvgIpc) is 1.97. The molecule has 1 heterocycles. The highest BCUT2D eigenvalue weighted by Gasteiger charge is 2.32. The summed E-state index contributed by atoms with van der Waals surface area (Å²) in [5, 5.41) is 0. The summed E-state index contributed by atoms with van der Waals surface area (Å²) in [6.45, 7) is 1.10. The van der Waals surface area contributed by atoms with E-state index in [-0.39, 0.29) is 0 Å². The van der Waals surface area contributed by atoms with Crippen molar-refractivity contribution in [2.24, 2.45) is 0 Å². The van der Waals surface area contributed by atoms with E-state index in [9.17, 15) is 13.2 Å². The van der Waals surface area contributed by atoms with Gasteiger partial charge < -0.3 is 5.73 Å². The van der Waals surface area contributed by atoms with Gasteiger partial charge in [-0.05, 0) is 13.0 Å². The number of nitrogen functional groups attached to an aromatic ring is 1. The van der Waals surface area contributed by atoms with Crippen molar-refractivity contribution >= 4 is 5.69 Å². The summed E-state index contributed by atoms with van der Waals surface area (Å²) in [4.78, 5) is 3.30.